The lowest BCUT2D eigenvalue weighted by molar-refractivity contribution is 0.607. The fourth-order valence-corrected chi connectivity index (χ4v) is 1.73. The van der Waals surface area contributed by atoms with Crippen LogP contribution < -0.4 is 10.6 Å². The quantitative estimate of drug-likeness (QED) is 0.901. The van der Waals surface area contributed by atoms with Crippen LogP contribution in [-0.2, 0) is 6.54 Å². The van der Waals surface area contributed by atoms with Gasteiger partial charge in [-0.25, -0.2) is 14.4 Å². The van der Waals surface area contributed by atoms with Crippen LogP contribution in [0.5, 0.6) is 0 Å². The zero-order valence-electron chi connectivity index (χ0n) is 10.4. The highest BCUT2D eigenvalue weighted by Crippen LogP contribution is 2.16. The zero-order chi connectivity index (χ0) is 13.1. The van der Waals surface area contributed by atoms with Crippen LogP contribution in [-0.4, -0.2) is 17.0 Å². The molecule has 0 atom stereocenters. The second kappa shape index (κ2) is 5.00. The number of anilines is 2. The van der Waals surface area contributed by atoms with E-state index in [0.29, 0.717) is 29.6 Å². The summed E-state index contributed by atoms with van der Waals surface area (Å²) in [5.41, 5.74) is 6.29. The van der Waals surface area contributed by atoms with Crippen LogP contribution in [0.25, 0.3) is 0 Å². The standard InChI is InChI=1S/C13H15FN4/c1-9-16-12(15)7-13(17-9)18(2)8-10-5-3-4-6-11(10)14/h3-7H,8H2,1-2H3,(H2,15,16,17). The molecule has 4 nitrogen and oxygen atoms in total. The molecule has 2 rings (SSSR count). The SMILES string of the molecule is Cc1nc(N)cc(N(C)Cc2ccccc2F)n1. The molecular weight excluding hydrogens is 231 g/mol. The summed E-state index contributed by atoms with van der Waals surface area (Å²) >= 11 is 0. The lowest BCUT2D eigenvalue weighted by Gasteiger charge is -2.19. The maximum absolute atomic E-state index is 13.5. The first-order valence-electron chi connectivity index (χ1n) is 5.62. The van der Waals surface area contributed by atoms with Crippen molar-refractivity contribution in [2.24, 2.45) is 0 Å². The molecule has 0 aliphatic rings. The van der Waals surface area contributed by atoms with E-state index >= 15 is 0 Å². The highest BCUT2D eigenvalue weighted by Gasteiger charge is 2.08. The van der Waals surface area contributed by atoms with Crippen molar-refractivity contribution in [3.8, 4) is 0 Å². The number of aromatic nitrogens is 2. The summed E-state index contributed by atoms with van der Waals surface area (Å²) < 4.78 is 13.5. The van der Waals surface area contributed by atoms with Gasteiger partial charge in [0, 0.05) is 25.2 Å². The summed E-state index contributed by atoms with van der Waals surface area (Å²) in [4.78, 5) is 10.1. The van der Waals surface area contributed by atoms with E-state index in [-0.39, 0.29) is 5.82 Å². The first-order chi connectivity index (χ1) is 8.56. The molecule has 0 fully saturated rings. The Morgan fingerprint density at radius 2 is 2.00 bits per heavy atom. The van der Waals surface area contributed by atoms with E-state index in [4.69, 9.17) is 5.73 Å². The first-order valence-corrected chi connectivity index (χ1v) is 5.62. The summed E-state index contributed by atoms with van der Waals surface area (Å²) in [6, 6.07) is 8.36. The third-order valence-corrected chi connectivity index (χ3v) is 2.60. The van der Waals surface area contributed by atoms with E-state index in [0.717, 1.165) is 0 Å². The summed E-state index contributed by atoms with van der Waals surface area (Å²) in [7, 11) is 1.84. The molecule has 1 heterocycles. The Labute approximate surface area is 105 Å². The molecule has 5 heteroatoms. The van der Waals surface area contributed by atoms with Gasteiger partial charge in [0.25, 0.3) is 0 Å². The number of hydrogen-bond donors (Lipinski definition) is 1. The van der Waals surface area contributed by atoms with E-state index in [1.165, 1.54) is 6.07 Å². The van der Waals surface area contributed by atoms with Crippen molar-refractivity contribution in [2.75, 3.05) is 17.7 Å². The molecule has 0 bridgehead atoms. The molecule has 0 aliphatic carbocycles. The van der Waals surface area contributed by atoms with Crippen molar-refractivity contribution < 1.29 is 4.39 Å². The molecule has 0 aliphatic heterocycles. The van der Waals surface area contributed by atoms with Gasteiger partial charge in [0.15, 0.2) is 0 Å². The number of nitrogens with two attached hydrogens (primary N) is 1. The molecule has 2 N–H and O–H groups in total. The lowest BCUT2D eigenvalue weighted by atomic mass is 10.2. The van der Waals surface area contributed by atoms with Crippen LogP contribution >= 0.6 is 0 Å². The average Bonchev–Trinajstić information content (AvgIpc) is 2.31. The van der Waals surface area contributed by atoms with Gasteiger partial charge in [0.05, 0.1) is 0 Å². The maximum atomic E-state index is 13.5. The van der Waals surface area contributed by atoms with Crippen LogP contribution in [0, 0.1) is 12.7 Å². The molecule has 1 aromatic heterocycles. The molecule has 0 spiro atoms. The number of nitrogen functional groups attached to an aromatic ring is 1. The van der Waals surface area contributed by atoms with Crippen molar-refractivity contribution in [1.29, 1.82) is 0 Å². The van der Waals surface area contributed by atoms with Gasteiger partial charge in [0.2, 0.25) is 0 Å². The normalized spacial score (nSPS) is 10.4. The largest absolute Gasteiger partial charge is 0.384 e. The monoisotopic (exact) mass is 246 g/mol. The maximum Gasteiger partial charge on any atom is 0.134 e. The van der Waals surface area contributed by atoms with Crippen molar-refractivity contribution in [2.45, 2.75) is 13.5 Å². The smallest absolute Gasteiger partial charge is 0.134 e. The predicted molar refractivity (Wildman–Crippen MR) is 69.7 cm³/mol. The average molecular weight is 246 g/mol. The van der Waals surface area contributed by atoms with Gasteiger partial charge in [-0.2, -0.15) is 0 Å². The number of benzene rings is 1. The van der Waals surface area contributed by atoms with E-state index in [9.17, 15) is 4.39 Å². The van der Waals surface area contributed by atoms with Gasteiger partial charge < -0.3 is 10.6 Å². The van der Waals surface area contributed by atoms with Crippen LogP contribution in [0.2, 0.25) is 0 Å². The van der Waals surface area contributed by atoms with Crippen LogP contribution in [0.15, 0.2) is 30.3 Å². The van der Waals surface area contributed by atoms with Gasteiger partial charge in [-0.3, -0.25) is 0 Å². The first kappa shape index (κ1) is 12.3. The summed E-state index contributed by atoms with van der Waals surface area (Å²) in [5, 5.41) is 0. The number of rotatable bonds is 3. The number of aryl methyl sites for hydroxylation is 1. The zero-order valence-corrected chi connectivity index (χ0v) is 10.4. The summed E-state index contributed by atoms with van der Waals surface area (Å²) in [5.74, 6) is 1.48. The van der Waals surface area contributed by atoms with Gasteiger partial charge >= 0.3 is 0 Å². The Kier molecular flexibility index (Phi) is 3.41. The molecule has 0 saturated heterocycles. The van der Waals surface area contributed by atoms with Crippen LogP contribution in [0.1, 0.15) is 11.4 Å². The van der Waals surface area contributed by atoms with Crippen molar-refractivity contribution in [3.05, 3.63) is 47.5 Å². The molecule has 94 valence electrons. The lowest BCUT2D eigenvalue weighted by Crippen LogP contribution is -2.19. The number of halogens is 1. The third kappa shape index (κ3) is 2.74. The highest BCUT2D eigenvalue weighted by molar-refractivity contribution is 5.46. The Bertz CT molecular complexity index is 536. The van der Waals surface area contributed by atoms with E-state index in [1.807, 2.05) is 18.0 Å². The van der Waals surface area contributed by atoms with E-state index in [2.05, 4.69) is 9.97 Å². The molecule has 0 saturated carbocycles. The molecule has 0 amide bonds. The second-order valence-corrected chi connectivity index (χ2v) is 4.15. The Morgan fingerprint density at radius 1 is 1.28 bits per heavy atom. The highest BCUT2D eigenvalue weighted by atomic mass is 19.1. The van der Waals surface area contributed by atoms with Gasteiger partial charge in [-0.1, -0.05) is 18.2 Å². The van der Waals surface area contributed by atoms with Crippen LogP contribution in [0.4, 0.5) is 16.0 Å². The number of nitrogens with zero attached hydrogens (tertiary/aromatic N) is 3. The predicted octanol–water partition coefficient (Wildman–Crippen LogP) is 2.14. The Balaban J connectivity index is 2.22. The van der Waals surface area contributed by atoms with E-state index < -0.39 is 0 Å². The minimum atomic E-state index is -0.219. The second-order valence-electron chi connectivity index (χ2n) is 4.15. The fourth-order valence-electron chi connectivity index (χ4n) is 1.73. The molecule has 0 unspecified atom stereocenters. The molecule has 2 aromatic rings. The fraction of sp³-hybridized carbons (Fsp3) is 0.231. The molecule has 1 aromatic carbocycles. The summed E-state index contributed by atoms with van der Waals surface area (Å²) in [6.45, 7) is 2.21. The van der Waals surface area contributed by atoms with Crippen molar-refractivity contribution >= 4 is 11.6 Å². The van der Waals surface area contributed by atoms with Gasteiger partial charge in [0.1, 0.15) is 23.3 Å². The molecule has 18 heavy (non-hydrogen) atoms. The Morgan fingerprint density at radius 3 is 2.67 bits per heavy atom. The summed E-state index contributed by atoms with van der Waals surface area (Å²) in [6.07, 6.45) is 0. The molecule has 0 radical (unpaired) electrons. The van der Waals surface area contributed by atoms with Gasteiger partial charge in [-0.05, 0) is 13.0 Å². The van der Waals surface area contributed by atoms with Gasteiger partial charge in [-0.15, -0.1) is 0 Å². The van der Waals surface area contributed by atoms with E-state index in [1.54, 1.807) is 25.1 Å². The minimum absolute atomic E-state index is 0.219. The van der Waals surface area contributed by atoms with Crippen LogP contribution in [0.3, 0.4) is 0 Å². The third-order valence-electron chi connectivity index (χ3n) is 2.60. The van der Waals surface area contributed by atoms with Crippen molar-refractivity contribution in [1.82, 2.24) is 9.97 Å². The Hall–Kier alpha value is -2.17. The van der Waals surface area contributed by atoms with Crippen molar-refractivity contribution in [3.63, 3.8) is 0 Å². The topological polar surface area (TPSA) is 55.0 Å². The molecular formula is C13H15FN4. The number of hydrogen-bond acceptors (Lipinski definition) is 4. The minimum Gasteiger partial charge on any atom is -0.384 e.